The molecule has 1 unspecified atom stereocenters. The van der Waals surface area contributed by atoms with Crippen molar-refractivity contribution >= 4 is 12.9 Å². The third-order valence-electron chi connectivity index (χ3n) is 2.93. The molecule has 2 heterocycles. The Morgan fingerprint density at radius 3 is 2.14 bits per heavy atom. The Balaban J connectivity index is 1.76. The van der Waals surface area contributed by atoms with E-state index in [2.05, 4.69) is 13.2 Å². The lowest BCUT2D eigenvalue weighted by Crippen LogP contribution is -2.61. The summed E-state index contributed by atoms with van der Waals surface area (Å²) in [4.78, 5) is 11.1. The standard InChI is InChI=1S/C12H18BO8/c1-3-11(14)20-9-5-16-13(17-6-9)18-7-10(8-19-13)21-12(15)4-2/h3-4,9-11,14H,1-2,5-8H2/q-1. The first-order valence-electron chi connectivity index (χ1n) is 6.54. The van der Waals surface area contributed by atoms with Crippen molar-refractivity contribution in [2.24, 2.45) is 0 Å². The van der Waals surface area contributed by atoms with Crippen molar-refractivity contribution in [2.75, 3.05) is 26.4 Å². The van der Waals surface area contributed by atoms with Crippen LogP contribution in [0.2, 0.25) is 0 Å². The third-order valence-corrected chi connectivity index (χ3v) is 2.93. The number of hydrogen-bond acceptors (Lipinski definition) is 8. The van der Waals surface area contributed by atoms with E-state index in [-0.39, 0.29) is 26.4 Å². The topological polar surface area (TPSA) is 92.7 Å². The highest BCUT2D eigenvalue weighted by molar-refractivity contribution is 6.53. The molecule has 0 aliphatic carbocycles. The molecule has 1 N–H and O–H groups in total. The van der Waals surface area contributed by atoms with Crippen LogP contribution < -0.4 is 0 Å². The summed E-state index contributed by atoms with van der Waals surface area (Å²) in [5.74, 6) is -0.548. The number of carbonyl (C=O) groups excluding carboxylic acids is 1. The minimum Gasteiger partial charge on any atom is -0.516 e. The van der Waals surface area contributed by atoms with Crippen molar-refractivity contribution in [2.45, 2.75) is 18.5 Å². The molecule has 0 aromatic heterocycles. The van der Waals surface area contributed by atoms with Gasteiger partial charge in [0.05, 0.1) is 6.10 Å². The van der Waals surface area contributed by atoms with Crippen LogP contribution in [0.25, 0.3) is 0 Å². The van der Waals surface area contributed by atoms with E-state index in [1.165, 1.54) is 6.08 Å². The monoisotopic (exact) mass is 301 g/mol. The van der Waals surface area contributed by atoms with Gasteiger partial charge in [0.25, 0.3) is 0 Å². The Morgan fingerprint density at radius 1 is 1.14 bits per heavy atom. The molecular formula is C12H18BO8-. The van der Waals surface area contributed by atoms with Crippen LogP contribution in [0.4, 0.5) is 0 Å². The first-order chi connectivity index (χ1) is 10.1. The maximum Gasteiger partial charge on any atom is 0.531 e. The van der Waals surface area contributed by atoms with E-state index in [1.807, 2.05) is 0 Å². The second-order valence-corrected chi connectivity index (χ2v) is 4.56. The summed E-state index contributed by atoms with van der Waals surface area (Å²) in [6.07, 6.45) is 0.248. The lowest BCUT2D eigenvalue weighted by Gasteiger charge is -2.49. The molecule has 2 rings (SSSR count). The van der Waals surface area contributed by atoms with Crippen molar-refractivity contribution < 1.29 is 38.0 Å². The largest absolute Gasteiger partial charge is 0.531 e. The zero-order chi connectivity index (χ0) is 15.3. The Kier molecular flexibility index (Phi) is 5.51. The minimum absolute atomic E-state index is 0.0976. The molecular weight excluding hydrogens is 283 g/mol. The van der Waals surface area contributed by atoms with Crippen LogP contribution in [0.1, 0.15) is 0 Å². The summed E-state index contributed by atoms with van der Waals surface area (Å²) in [6, 6.07) is 0. The predicted octanol–water partition coefficient (Wildman–Crippen LogP) is -0.497. The van der Waals surface area contributed by atoms with E-state index in [1.54, 1.807) is 0 Å². The summed E-state index contributed by atoms with van der Waals surface area (Å²) >= 11 is 0. The minimum atomic E-state index is -2.32. The molecule has 118 valence electrons. The maximum absolute atomic E-state index is 11.1. The Labute approximate surface area is 122 Å². The zero-order valence-corrected chi connectivity index (χ0v) is 11.5. The summed E-state index contributed by atoms with van der Waals surface area (Å²) in [5.41, 5.74) is 0. The molecule has 2 saturated heterocycles. The van der Waals surface area contributed by atoms with Gasteiger partial charge in [-0.3, -0.25) is 0 Å². The molecule has 1 spiro atoms. The van der Waals surface area contributed by atoms with Gasteiger partial charge in [0.15, 0.2) is 6.29 Å². The summed E-state index contributed by atoms with van der Waals surface area (Å²) in [5, 5.41) is 9.29. The highest BCUT2D eigenvalue weighted by atomic mass is 16.9. The van der Waals surface area contributed by atoms with E-state index < -0.39 is 31.4 Å². The number of rotatable bonds is 5. The van der Waals surface area contributed by atoms with Crippen molar-refractivity contribution in [3.63, 3.8) is 0 Å². The summed E-state index contributed by atoms with van der Waals surface area (Å²) in [6.45, 7) is 4.86. The molecule has 2 fully saturated rings. The van der Waals surface area contributed by atoms with E-state index in [0.717, 1.165) is 6.08 Å². The van der Waals surface area contributed by atoms with Crippen LogP contribution in [0, 0.1) is 0 Å². The van der Waals surface area contributed by atoms with Gasteiger partial charge in [-0.15, -0.1) is 0 Å². The molecule has 1 atom stereocenters. The molecule has 0 radical (unpaired) electrons. The first kappa shape index (κ1) is 16.2. The average Bonchev–Trinajstić information content (AvgIpc) is 2.52. The van der Waals surface area contributed by atoms with Gasteiger partial charge in [0.2, 0.25) is 0 Å². The van der Waals surface area contributed by atoms with Crippen LogP contribution in [0.3, 0.4) is 0 Å². The number of aliphatic hydroxyl groups excluding tert-OH is 1. The Hall–Kier alpha value is -1.23. The molecule has 0 saturated carbocycles. The van der Waals surface area contributed by atoms with Gasteiger partial charge in [-0.05, 0) is 6.08 Å². The van der Waals surface area contributed by atoms with Crippen molar-refractivity contribution in [1.82, 2.24) is 0 Å². The summed E-state index contributed by atoms with van der Waals surface area (Å²) in [7, 11) is 0. The van der Waals surface area contributed by atoms with Crippen LogP contribution >= 0.6 is 0 Å². The normalized spacial score (nSPS) is 34.1. The van der Waals surface area contributed by atoms with Crippen LogP contribution in [0.15, 0.2) is 25.3 Å². The highest BCUT2D eigenvalue weighted by Crippen LogP contribution is 2.23. The van der Waals surface area contributed by atoms with Gasteiger partial charge in [-0.2, -0.15) is 0 Å². The molecule has 0 aromatic rings. The molecule has 8 nitrogen and oxygen atoms in total. The predicted molar refractivity (Wildman–Crippen MR) is 70.7 cm³/mol. The maximum atomic E-state index is 11.1. The lowest BCUT2D eigenvalue weighted by molar-refractivity contribution is -0.191. The molecule has 0 aromatic carbocycles. The van der Waals surface area contributed by atoms with Crippen LogP contribution in [0.5, 0.6) is 0 Å². The van der Waals surface area contributed by atoms with E-state index in [9.17, 15) is 9.90 Å². The fourth-order valence-corrected chi connectivity index (χ4v) is 1.90. The highest BCUT2D eigenvalue weighted by Gasteiger charge is 2.42. The molecule has 0 amide bonds. The Morgan fingerprint density at radius 2 is 1.67 bits per heavy atom. The molecule has 0 bridgehead atoms. The quantitative estimate of drug-likeness (QED) is 0.239. The van der Waals surface area contributed by atoms with Gasteiger partial charge >= 0.3 is 12.9 Å². The SMILES string of the molecule is C=CC(=O)OC1CO[B-]2(OC1)OCC(OC(O)C=C)CO2. The molecule has 2 aliphatic rings. The number of esters is 1. The first-order valence-corrected chi connectivity index (χ1v) is 6.54. The zero-order valence-electron chi connectivity index (χ0n) is 11.5. The van der Waals surface area contributed by atoms with Gasteiger partial charge in [0.1, 0.15) is 6.10 Å². The van der Waals surface area contributed by atoms with E-state index >= 15 is 0 Å². The van der Waals surface area contributed by atoms with E-state index in [4.69, 9.17) is 28.1 Å². The van der Waals surface area contributed by atoms with Gasteiger partial charge in [-0.25, -0.2) is 4.79 Å². The molecule has 21 heavy (non-hydrogen) atoms. The Bertz CT molecular complexity index is 383. The van der Waals surface area contributed by atoms with Gasteiger partial charge in [-0.1, -0.05) is 13.2 Å². The third kappa shape index (κ3) is 4.37. The summed E-state index contributed by atoms with van der Waals surface area (Å²) < 4.78 is 31.8. The second-order valence-electron chi connectivity index (χ2n) is 4.56. The van der Waals surface area contributed by atoms with Gasteiger partial charge < -0.3 is 33.2 Å². The number of ether oxygens (including phenoxy) is 2. The molecule has 9 heteroatoms. The second kappa shape index (κ2) is 7.16. The lowest BCUT2D eigenvalue weighted by atomic mass is 10.00. The fraction of sp³-hybridized carbons (Fsp3) is 0.583. The van der Waals surface area contributed by atoms with Crippen molar-refractivity contribution in [3.8, 4) is 0 Å². The smallest absolute Gasteiger partial charge is 0.516 e. The van der Waals surface area contributed by atoms with E-state index in [0.29, 0.717) is 0 Å². The number of aliphatic hydroxyl groups is 1. The number of carbonyl (C=O) groups is 1. The van der Waals surface area contributed by atoms with Crippen molar-refractivity contribution in [1.29, 1.82) is 0 Å². The van der Waals surface area contributed by atoms with Gasteiger partial charge in [0, 0.05) is 32.5 Å². The fourth-order valence-electron chi connectivity index (χ4n) is 1.90. The van der Waals surface area contributed by atoms with Crippen LogP contribution in [-0.2, 0) is 32.9 Å². The number of hydrogen-bond donors (Lipinski definition) is 1. The van der Waals surface area contributed by atoms with Crippen molar-refractivity contribution in [3.05, 3.63) is 25.3 Å². The van der Waals surface area contributed by atoms with Crippen LogP contribution in [-0.4, -0.2) is 63.0 Å². The molecule has 2 aliphatic heterocycles. The average molecular weight is 301 g/mol.